The number of nitrogens with one attached hydrogen (secondary N) is 1. The first-order chi connectivity index (χ1) is 13.6. The Labute approximate surface area is 166 Å². The van der Waals surface area contributed by atoms with E-state index in [2.05, 4.69) is 17.4 Å². The first-order valence-corrected chi connectivity index (χ1v) is 9.97. The number of hydrogen-bond acceptors (Lipinski definition) is 4. The lowest BCUT2D eigenvalue weighted by Gasteiger charge is -2.20. The molecule has 1 atom stereocenters. The van der Waals surface area contributed by atoms with Gasteiger partial charge in [-0.15, -0.1) is 0 Å². The Bertz CT molecular complexity index is 829. The molecule has 1 N–H and O–H groups in total. The van der Waals surface area contributed by atoms with Crippen LogP contribution < -0.4 is 10.1 Å². The van der Waals surface area contributed by atoms with E-state index in [4.69, 9.17) is 9.47 Å². The van der Waals surface area contributed by atoms with Gasteiger partial charge in [0.25, 0.3) is 5.91 Å². The molecule has 2 aromatic rings. The van der Waals surface area contributed by atoms with Crippen molar-refractivity contribution in [1.82, 2.24) is 0 Å². The zero-order valence-corrected chi connectivity index (χ0v) is 16.5. The molecule has 1 aliphatic carbocycles. The maximum Gasteiger partial charge on any atom is 0.338 e. The minimum atomic E-state index is -0.577. The Kier molecular flexibility index (Phi) is 6.69. The second kappa shape index (κ2) is 9.40. The van der Waals surface area contributed by atoms with Crippen LogP contribution in [-0.4, -0.2) is 24.6 Å². The standard InChI is InChI=1S/C23H27NO4/c1-3-21(28-20-14-11-16-7-5-6-8-18(16)15-20)22(25)24-19-12-9-17(10-13-19)23(26)27-4-2/h9-15,21H,3-8H2,1-2H3,(H,24,25)/t21-/m0/s1. The number of benzene rings is 2. The molecule has 0 spiro atoms. The summed E-state index contributed by atoms with van der Waals surface area (Å²) in [6.07, 6.45) is 4.62. The molecule has 1 aliphatic rings. The first-order valence-electron chi connectivity index (χ1n) is 9.97. The van der Waals surface area contributed by atoms with Gasteiger partial charge in [0.05, 0.1) is 12.2 Å². The predicted molar refractivity (Wildman–Crippen MR) is 109 cm³/mol. The van der Waals surface area contributed by atoms with Crippen molar-refractivity contribution in [2.75, 3.05) is 11.9 Å². The molecule has 0 aliphatic heterocycles. The minimum absolute atomic E-state index is 0.205. The van der Waals surface area contributed by atoms with Gasteiger partial charge < -0.3 is 14.8 Å². The van der Waals surface area contributed by atoms with Crippen LogP contribution in [0.15, 0.2) is 42.5 Å². The van der Waals surface area contributed by atoms with Crippen molar-refractivity contribution in [3.05, 3.63) is 59.2 Å². The van der Waals surface area contributed by atoms with Gasteiger partial charge in [0.1, 0.15) is 5.75 Å². The maximum absolute atomic E-state index is 12.6. The smallest absolute Gasteiger partial charge is 0.338 e. The summed E-state index contributed by atoms with van der Waals surface area (Å²) in [6, 6.07) is 12.8. The van der Waals surface area contributed by atoms with Crippen molar-refractivity contribution in [3.8, 4) is 5.75 Å². The van der Waals surface area contributed by atoms with Gasteiger partial charge in [-0.25, -0.2) is 4.79 Å². The molecule has 0 unspecified atom stereocenters. The molecule has 0 saturated carbocycles. The third-order valence-corrected chi connectivity index (χ3v) is 4.93. The molecule has 1 amide bonds. The number of hydrogen-bond donors (Lipinski definition) is 1. The summed E-state index contributed by atoms with van der Waals surface area (Å²) in [5.74, 6) is 0.159. The Hall–Kier alpha value is -2.82. The van der Waals surface area contributed by atoms with E-state index in [9.17, 15) is 9.59 Å². The number of aryl methyl sites for hydroxylation is 2. The molecule has 0 fully saturated rings. The van der Waals surface area contributed by atoms with Gasteiger partial charge in [-0.2, -0.15) is 0 Å². The molecule has 148 valence electrons. The maximum atomic E-state index is 12.6. The van der Waals surface area contributed by atoms with Crippen LogP contribution >= 0.6 is 0 Å². The van der Waals surface area contributed by atoms with E-state index < -0.39 is 6.10 Å². The molecule has 28 heavy (non-hydrogen) atoms. The topological polar surface area (TPSA) is 64.6 Å². The molecule has 0 radical (unpaired) electrons. The Morgan fingerprint density at radius 3 is 2.39 bits per heavy atom. The van der Waals surface area contributed by atoms with E-state index in [1.807, 2.05) is 13.0 Å². The van der Waals surface area contributed by atoms with Gasteiger partial charge in [0.2, 0.25) is 0 Å². The molecule has 0 aromatic heterocycles. The van der Waals surface area contributed by atoms with Gasteiger partial charge in [-0.1, -0.05) is 13.0 Å². The van der Waals surface area contributed by atoms with Crippen molar-refractivity contribution in [3.63, 3.8) is 0 Å². The molecule has 0 saturated heterocycles. The van der Waals surface area contributed by atoms with Crippen LogP contribution in [0, 0.1) is 0 Å². The largest absolute Gasteiger partial charge is 0.481 e. The fourth-order valence-electron chi connectivity index (χ4n) is 3.40. The molecule has 3 rings (SSSR count). The van der Waals surface area contributed by atoms with Crippen molar-refractivity contribution < 1.29 is 19.1 Å². The third kappa shape index (κ3) is 4.91. The van der Waals surface area contributed by atoms with Gasteiger partial charge in [-0.05, 0) is 86.6 Å². The van der Waals surface area contributed by atoms with Crippen LogP contribution in [-0.2, 0) is 22.4 Å². The number of ether oxygens (including phenoxy) is 2. The summed E-state index contributed by atoms with van der Waals surface area (Å²) in [4.78, 5) is 24.3. The van der Waals surface area contributed by atoms with E-state index >= 15 is 0 Å². The lowest BCUT2D eigenvalue weighted by molar-refractivity contribution is -0.122. The Morgan fingerprint density at radius 2 is 1.71 bits per heavy atom. The van der Waals surface area contributed by atoms with Crippen molar-refractivity contribution in [1.29, 1.82) is 0 Å². The van der Waals surface area contributed by atoms with Crippen molar-refractivity contribution in [2.45, 2.75) is 52.1 Å². The Balaban J connectivity index is 1.62. The molecular weight excluding hydrogens is 354 g/mol. The highest BCUT2D eigenvalue weighted by atomic mass is 16.5. The Morgan fingerprint density at radius 1 is 1.00 bits per heavy atom. The van der Waals surface area contributed by atoms with Crippen LogP contribution in [0.3, 0.4) is 0 Å². The molecule has 0 bridgehead atoms. The van der Waals surface area contributed by atoms with Gasteiger partial charge in [0, 0.05) is 5.69 Å². The van der Waals surface area contributed by atoms with Crippen LogP contribution in [0.1, 0.15) is 54.6 Å². The number of amides is 1. The van der Waals surface area contributed by atoms with E-state index in [1.165, 1.54) is 24.0 Å². The summed E-state index contributed by atoms with van der Waals surface area (Å²) < 4.78 is 10.9. The van der Waals surface area contributed by atoms with Crippen LogP contribution in [0.5, 0.6) is 5.75 Å². The highest BCUT2D eigenvalue weighted by molar-refractivity contribution is 5.95. The SMILES string of the molecule is CCOC(=O)c1ccc(NC(=O)[C@H](CC)Oc2ccc3c(c2)CCCC3)cc1. The number of anilines is 1. The van der Waals surface area contributed by atoms with Crippen molar-refractivity contribution in [2.24, 2.45) is 0 Å². The zero-order valence-electron chi connectivity index (χ0n) is 16.5. The van der Waals surface area contributed by atoms with Crippen LogP contribution in [0.4, 0.5) is 5.69 Å². The number of carbonyl (C=O) groups excluding carboxylic acids is 2. The highest BCUT2D eigenvalue weighted by Gasteiger charge is 2.20. The second-order valence-corrected chi connectivity index (χ2v) is 6.94. The van der Waals surface area contributed by atoms with E-state index in [1.54, 1.807) is 31.2 Å². The van der Waals surface area contributed by atoms with Gasteiger partial charge in [-0.3, -0.25) is 4.79 Å². The minimum Gasteiger partial charge on any atom is -0.481 e. The van der Waals surface area contributed by atoms with E-state index in [0.717, 1.165) is 18.6 Å². The lowest BCUT2D eigenvalue weighted by atomic mass is 9.92. The average molecular weight is 381 g/mol. The van der Waals surface area contributed by atoms with Crippen LogP contribution in [0.2, 0.25) is 0 Å². The third-order valence-electron chi connectivity index (χ3n) is 4.93. The quantitative estimate of drug-likeness (QED) is 0.715. The number of rotatable bonds is 7. The molecular formula is C23H27NO4. The highest BCUT2D eigenvalue weighted by Crippen LogP contribution is 2.26. The predicted octanol–water partition coefficient (Wildman–Crippen LogP) is 4.54. The first kappa shape index (κ1) is 19.9. The van der Waals surface area contributed by atoms with Crippen molar-refractivity contribution >= 4 is 17.6 Å². The van der Waals surface area contributed by atoms with Gasteiger partial charge in [0.15, 0.2) is 6.10 Å². The molecule has 5 nitrogen and oxygen atoms in total. The second-order valence-electron chi connectivity index (χ2n) is 6.94. The normalized spacial score (nSPS) is 13.9. The summed E-state index contributed by atoms with van der Waals surface area (Å²) in [6.45, 7) is 4.02. The molecule has 0 heterocycles. The number of esters is 1. The fraction of sp³-hybridized carbons (Fsp3) is 0.391. The fourth-order valence-corrected chi connectivity index (χ4v) is 3.40. The number of carbonyl (C=O) groups is 2. The summed E-state index contributed by atoms with van der Waals surface area (Å²) in [5, 5.41) is 2.86. The summed E-state index contributed by atoms with van der Waals surface area (Å²) in [7, 11) is 0. The van der Waals surface area contributed by atoms with Crippen LogP contribution in [0.25, 0.3) is 0 Å². The van der Waals surface area contributed by atoms with Gasteiger partial charge >= 0.3 is 5.97 Å². The molecule has 5 heteroatoms. The number of fused-ring (bicyclic) bond motifs is 1. The summed E-state index contributed by atoms with van der Waals surface area (Å²) in [5.41, 5.74) is 3.79. The zero-order chi connectivity index (χ0) is 19.9. The monoisotopic (exact) mass is 381 g/mol. The van der Waals surface area contributed by atoms with E-state index in [0.29, 0.717) is 24.3 Å². The average Bonchev–Trinajstić information content (AvgIpc) is 2.72. The summed E-state index contributed by atoms with van der Waals surface area (Å²) >= 11 is 0. The lowest BCUT2D eigenvalue weighted by Crippen LogP contribution is -2.32. The van der Waals surface area contributed by atoms with E-state index in [-0.39, 0.29) is 11.9 Å². The molecule has 2 aromatic carbocycles.